The molecule has 0 unspecified atom stereocenters. The van der Waals surface area contributed by atoms with Crippen molar-refractivity contribution in [2.75, 3.05) is 0 Å². The van der Waals surface area contributed by atoms with Crippen LogP contribution in [0.1, 0.15) is 0 Å². The maximum Gasteiger partial charge on any atom is -0.00934 e. The molecule has 0 spiro atoms. The summed E-state index contributed by atoms with van der Waals surface area (Å²) < 4.78 is 0. The molecule has 0 nitrogen and oxygen atoms in total. The summed E-state index contributed by atoms with van der Waals surface area (Å²) in [7, 11) is 0. The summed E-state index contributed by atoms with van der Waals surface area (Å²) in [6.07, 6.45) is 0. The van der Waals surface area contributed by atoms with Crippen LogP contribution in [0.4, 0.5) is 0 Å². The topological polar surface area (TPSA) is 0 Å². The molecule has 0 atom stereocenters. The van der Waals surface area contributed by atoms with Gasteiger partial charge in [0.15, 0.2) is 0 Å². The van der Waals surface area contributed by atoms with Gasteiger partial charge in [0.25, 0.3) is 0 Å². The summed E-state index contributed by atoms with van der Waals surface area (Å²) in [5, 5.41) is 4.08. The molecule has 6 heavy (non-hydrogen) atoms. The Kier molecular flexibility index (Phi) is 4.15. The number of hydrogen-bond acceptors (Lipinski definition) is 1. The van der Waals surface area contributed by atoms with E-state index in [1.807, 2.05) is 22.9 Å². The summed E-state index contributed by atoms with van der Waals surface area (Å²) in [5.41, 5.74) is 0. The van der Waals surface area contributed by atoms with Gasteiger partial charge in [-0.3, -0.25) is 0 Å². The summed E-state index contributed by atoms with van der Waals surface area (Å²) >= 11 is 1.71. The molecule has 1 rings (SSSR count). The van der Waals surface area contributed by atoms with Gasteiger partial charge in [-0.25, -0.2) is 0 Å². The molecule has 0 fully saturated rings. The van der Waals surface area contributed by atoms with Crippen molar-refractivity contribution < 1.29 is 0 Å². The molecule has 0 bridgehead atoms. The number of rotatable bonds is 0. The second-order valence-electron chi connectivity index (χ2n) is 0.793. The molecule has 0 saturated heterocycles. The van der Waals surface area contributed by atoms with Crippen LogP contribution in [-0.4, -0.2) is 26.6 Å². The average Bonchev–Trinajstić information content (AvgIpc) is 1.76. The zero-order chi connectivity index (χ0) is 3.54. The van der Waals surface area contributed by atoms with Gasteiger partial charge in [-0.05, 0) is 10.8 Å². The van der Waals surface area contributed by atoms with E-state index in [-0.39, 0.29) is 26.6 Å². The molecule has 1 heterocycles. The van der Waals surface area contributed by atoms with Crippen LogP contribution in [0.25, 0.3) is 0 Å². The molecule has 1 aromatic rings. The summed E-state index contributed by atoms with van der Waals surface area (Å²) in [6, 6.07) is 4.04. The molecule has 0 saturated carbocycles. The van der Waals surface area contributed by atoms with Crippen LogP contribution in [-0.2, 0) is 0 Å². The molecule has 0 amide bonds. The fourth-order valence-electron chi connectivity index (χ4n) is 0.227. The van der Waals surface area contributed by atoms with Crippen molar-refractivity contribution in [3.8, 4) is 0 Å². The van der Waals surface area contributed by atoms with E-state index >= 15 is 0 Å². The van der Waals surface area contributed by atoms with Crippen LogP contribution in [0.15, 0.2) is 22.9 Å². The molecular weight excluding hydrogens is 289 g/mol. The minimum atomic E-state index is 0. The quantitative estimate of drug-likeness (QED) is 0.665. The Morgan fingerprint density at radius 3 is 1.67 bits per heavy atom. The molecule has 0 aliphatic rings. The predicted octanol–water partition coefficient (Wildman–Crippen LogP) is 0.832. The Morgan fingerprint density at radius 2 is 1.50 bits per heavy atom. The maximum absolute atomic E-state index is 2.04. The first-order valence-electron chi connectivity index (χ1n) is 1.47. The molecule has 0 aromatic carbocycles. The van der Waals surface area contributed by atoms with E-state index in [4.69, 9.17) is 0 Å². The molecule has 0 aliphatic carbocycles. The van der Waals surface area contributed by atoms with Crippen molar-refractivity contribution in [2.24, 2.45) is 0 Å². The van der Waals surface area contributed by atoms with Crippen molar-refractivity contribution in [1.29, 1.82) is 0 Å². The second-order valence-corrected chi connectivity index (χ2v) is 1.61. The van der Waals surface area contributed by atoms with E-state index in [9.17, 15) is 0 Å². The Labute approximate surface area is 60.7 Å². The fraction of sp³-hybridized carbons (Fsp3) is 0. The van der Waals surface area contributed by atoms with Crippen LogP contribution in [0.2, 0.25) is 0 Å². The van der Waals surface area contributed by atoms with E-state index < -0.39 is 0 Å². The van der Waals surface area contributed by atoms with E-state index in [0.29, 0.717) is 0 Å². The SMILES string of the molecule is [PoH2].c1ccsc1. The Morgan fingerprint density at radius 1 is 1.00 bits per heavy atom. The van der Waals surface area contributed by atoms with E-state index in [1.54, 1.807) is 11.3 Å². The van der Waals surface area contributed by atoms with Crippen LogP contribution < -0.4 is 0 Å². The molecule has 34 valence electrons. The van der Waals surface area contributed by atoms with Gasteiger partial charge >= 0.3 is 26.6 Å². The van der Waals surface area contributed by atoms with Crippen LogP contribution >= 0.6 is 11.3 Å². The smallest absolute Gasteiger partial charge is 0.00934 e. The van der Waals surface area contributed by atoms with Crippen molar-refractivity contribution >= 4 is 37.9 Å². The Bertz CT molecular complexity index is 64.0. The minimum absolute atomic E-state index is 0. The number of thiophene rings is 1. The van der Waals surface area contributed by atoms with Gasteiger partial charge in [0.1, 0.15) is 0 Å². The van der Waals surface area contributed by atoms with Gasteiger partial charge in [-0.15, -0.1) is 0 Å². The monoisotopic (exact) mass is 295 g/mol. The van der Waals surface area contributed by atoms with Gasteiger partial charge in [0, 0.05) is 0 Å². The van der Waals surface area contributed by atoms with Crippen LogP contribution in [0, 0.1) is 0 Å². The molecule has 0 aliphatic heterocycles. The normalized spacial score (nSPS) is 6.67. The summed E-state index contributed by atoms with van der Waals surface area (Å²) in [4.78, 5) is 0. The summed E-state index contributed by atoms with van der Waals surface area (Å²) in [6.45, 7) is 0. The van der Waals surface area contributed by atoms with E-state index in [2.05, 4.69) is 0 Å². The van der Waals surface area contributed by atoms with Crippen molar-refractivity contribution in [3.05, 3.63) is 22.9 Å². The molecule has 0 N–H and O–H groups in total. The molecular formula is C4H6PoS. The van der Waals surface area contributed by atoms with E-state index in [1.165, 1.54) is 0 Å². The third kappa shape index (κ3) is 1.90. The third-order valence-electron chi connectivity index (χ3n) is 0.425. The Hall–Kier alpha value is 0.596. The second kappa shape index (κ2) is 3.77. The zero-order valence-corrected chi connectivity index (χ0v) is 7.92. The predicted molar refractivity (Wildman–Crippen MR) is 32.9 cm³/mol. The van der Waals surface area contributed by atoms with Crippen LogP contribution in [0.3, 0.4) is 0 Å². The fourth-order valence-corrected chi connectivity index (χ4v) is 0.680. The van der Waals surface area contributed by atoms with Crippen molar-refractivity contribution in [3.63, 3.8) is 0 Å². The van der Waals surface area contributed by atoms with Gasteiger partial charge in [-0.1, -0.05) is 12.1 Å². The summed E-state index contributed by atoms with van der Waals surface area (Å²) in [5.74, 6) is 0. The van der Waals surface area contributed by atoms with Gasteiger partial charge in [0.2, 0.25) is 0 Å². The largest absolute Gasteiger partial charge is 0.152 e. The first kappa shape index (κ1) is 6.60. The van der Waals surface area contributed by atoms with Crippen molar-refractivity contribution in [1.82, 2.24) is 0 Å². The molecule has 0 radical (unpaired) electrons. The molecule has 1 aromatic heterocycles. The first-order valence-corrected chi connectivity index (χ1v) is 2.41. The standard InChI is InChI=1S/C4H4S.Po.2H/c1-2-4-5-3-1;;;/h1-4H;;;. The van der Waals surface area contributed by atoms with Gasteiger partial charge in [0.05, 0.1) is 0 Å². The first-order chi connectivity index (χ1) is 2.50. The van der Waals surface area contributed by atoms with Gasteiger partial charge < -0.3 is 0 Å². The maximum atomic E-state index is 2.04. The third-order valence-corrected chi connectivity index (χ3v) is 1.05. The van der Waals surface area contributed by atoms with Crippen LogP contribution in [0.5, 0.6) is 0 Å². The van der Waals surface area contributed by atoms with Gasteiger partial charge in [-0.2, -0.15) is 11.3 Å². The number of hydrogen-bond donors (Lipinski definition) is 0. The van der Waals surface area contributed by atoms with Crippen molar-refractivity contribution in [2.45, 2.75) is 0 Å². The average molecular weight is 295 g/mol. The Balaban J connectivity index is 0.000000250. The van der Waals surface area contributed by atoms with E-state index in [0.717, 1.165) is 0 Å². The zero-order valence-electron chi connectivity index (χ0n) is 3.22. The molecule has 2 heteroatoms. The minimum Gasteiger partial charge on any atom is -0.152 e.